The number of benzene rings is 4. The van der Waals surface area contributed by atoms with Crippen molar-refractivity contribution < 1.29 is 5.11 Å². The van der Waals surface area contributed by atoms with Gasteiger partial charge in [0.2, 0.25) is 0 Å². The summed E-state index contributed by atoms with van der Waals surface area (Å²) < 4.78 is 0. The lowest BCUT2D eigenvalue weighted by Gasteiger charge is -2.23. The molecule has 1 unspecified atom stereocenters. The Bertz CT molecular complexity index is 1290. The molecule has 0 saturated carbocycles. The summed E-state index contributed by atoms with van der Waals surface area (Å²) in [6.07, 6.45) is 1.71. The Morgan fingerprint density at radius 2 is 1.45 bits per heavy atom. The molecule has 0 aliphatic carbocycles. The molecule has 1 atom stereocenters. The predicted octanol–water partition coefficient (Wildman–Crippen LogP) is 6.30. The van der Waals surface area contributed by atoms with Gasteiger partial charge in [-0.25, -0.2) is 0 Å². The highest BCUT2D eigenvalue weighted by molar-refractivity contribution is 5.94. The lowest BCUT2D eigenvalue weighted by atomic mass is 9.95. The van der Waals surface area contributed by atoms with Crippen LogP contribution in [0, 0.1) is 0 Å². The first-order chi connectivity index (χ1) is 14.3. The van der Waals surface area contributed by atoms with Crippen LogP contribution in [0.4, 0.5) is 5.69 Å². The molecule has 140 valence electrons. The number of hydrogen-bond acceptors (Lipinski definition) is 3. The Morgan fingerprint density at radius 3 is 2.34 bits per heavy atom. The summed E-state index contributed by atoms with van der Waals surface area (Å²) in [5, 5.41) is 18.0. The maximum Gasteiger partial charge on any atom is 0.147 e. The first-order valence-electron chi connectivity index (χ1n) is 9.67. The molecule has 0 fully saturated rings. The summed E-state index contributed by atoms with van der Waals surface area (Å²) in [5.41, 5.74) is 3.52. The fraction of sp³-hybridized carbons (Fsp3) is 0.0385. The smallest absolute Gasteiger partial charge is 0.147 e. The number of phenolic OH excluding ortho intramolecular Hbond substituents is 1. The van der Waals surface area contributed by atoms with E-state index >= 15 is 0 Å². The first kappa shape index (κ1) is 17.3. The molecule has 3 nitrogen and oxygen atoms in total. The van der Waals surface area contributed by atoms with Crippen molar-refractivity contribution in [2.75, 3.05) is 5.32 Å². The topological polar surface area (TPSA) is 45.1 Å². The third-order valence-electron chi connectivity index (χ3n) is 5.31. The molecule has 0 bridgehead atoms. The number of aromatic nitrogens is 1. The molecule has 29 heavy (non-hydrogen) atoms. The monoisotopic (exact) mass is 376 g/mol. The number of nitrogens with zero attached hydrogens (tertiary/aromatic N) is 1. The largest absolute Gasteiger partial charge is 0.505 e. The zero-order valence-corrected chi connectivity index (χ0v) is 15.8. The van der Waals surface area contributed by atoms with Gasteiger partial charge in [0.25, 0.3) is 0 Å². The van der Waals surface area contributed by atoms with Crippen molar-refractivity contribution >= 4 is 27.4 Å². The fourth-order valence-electron chi connectivity index (χ4n) is 3.87. The summed E-state index contributed by atoms with van der Waals surface area (Å²) in [6, 6.07) is 32.3. The third-order valence-corrected chi connectivity index (χ3v) is 5.31. The van der Waals surface area contributed by atoms with Crippen LogP contribution in [-0.4, -0.2) is 10.1 Å². The van der Waals surface area contributed by atoms with Crippen LogP contribution in [0.25, 0.3) is 21.7 Å². The van der Waals surface area contributed by atoms with E-state index in [-0.39, 0.29) is 11.8 Å². The number of aromatic hydroxyl groups is 1. The minimum Gasteiger partial charge on any atom is -0.505 e. The number of nitrogens with one attached hydrogen (secondary N) is 1. The predicted molar refractivity (Wildman–Crippen MR) is 119 cm³/mol. The number of phenols is 1. The van der Waals surface area contributed by atoms with Crippen LogP contribution >= 0.6 is 0 Å². The normalized spacial score (nSPS) is 12.1. The maximum atomic E-state index is 11.1. The van der Waals surface area contributed by atoms with E-state index < -0.39 is 0 Å². The fourth-order valence-corrected chi connectivity index (χ4v) is 3.87. The van der Waals surface area contributed by atoms with Crippen molar-refractivity contribution in [3.63, 3.8) is 0 Å². The van der Waals surface area contributed by atoms with E-state index in [0.717, 1.165) is 27.6 Å². The summed E-state index contributed by atoms with van der Waals surface area (Å²) in [7, 11) is 0. The van der Waals surface area contributed by atoms with Crippen molar-refractivity contribution in [1.29, 1.82) is 0 Å². The van der Waals surface area contributed by atoms with Crippen LogP contribution in [-0.2, 0) is 0 Å². The Balaban J connectivity index is 1.68. The van der Waals surface area contributed by atoms with Crippen molar-refractivity contribution in [1.82, 2.24) is 4.98 Å². The quantitative estimate of drug-likeness (QED) is 0.387. The molecule has 0 spiro atoms. The van der Waals surface area contributed by atoms with Crippen LogP contribution in [0.2, 0.25) is 0 Å². The molecule has 0 radical (unpaired) electrons. The van der Waals surface area contributed by atoms with Crippen molar-refractivity contribution in [2.24, 2.45) is 0 Å². The summed E-state index contributed by atoms with van der Waals surface area (Å²) in [4.78, 5) is 4.40. The minimum absolute atomic E-state index is 0.213. The van der Waals surface area contributed by atoms with E-state index in [1.165, 1.54) is 5.39 Å². The molecule has 5 aromatic rings. The molecule has 4 aromatic carbocycles. The lowest BCUT2D eigenvalue weighted by molar-refractivity contribution is 0.472. The first-order valence-corrected chi connectivity index (χ1v) is 9.67. The van der Waals surface area contributed by atoms with E-state index in [2.05, 4.69) is 52.8 Å². The van der Waals surface area contributed by atoms with E-state index in [1.807, 2.05) is 54.6 Å². The van der Waals surface area contributed by atoms with Gasteiger partial charge in [0.05, 0.1) is 6.04 Å². The summed E-state index contributed by atoms with van der Waals surface area (Å²) in [6.45, 7) is 0. The molecule has 1 heterocycles. The molecule has 5 rings (SSSR count). The Morgan fingerprint density at radius 1 is 0.690 bits per heavy atom. The Hall–Kier alpha value is -3.85. The molecule has 2 N–H and O–H groups in total. The van der Waals surface area contributed by atoms with Gasteiger partial charge in [0.1, 0.15) is 11.3 Å². The van der Waals surface area contributed by atoms with Crippen LogP contribution in [0.1, 0.15) is 17.2 Å². The zero-order valence-electron chi connectivity index (χ0n) is 15.8. The minimum atomic E-state index is -0.214. The van der Waals surface area contributed by atoms with Gasteiger partial charge < -0.3 is 10.4 Å². The second-order valence-electron chi connectivity index (χ2n) is 7.09. The number of hydrogen-bond donors (Lipinski definition) is 2. The lowest BCUT2D eigenvalue weighted by Crippen LogP contribution is -2.13. The van der Waals surface area contributed by atoms with Gasteiger partial charge in [0, 0.05) is 28.2 Å². The van der Waals surface area contributed by atoms with Gasteiger partial charge in [-0.2, -0.15) is 0 Å². The molecule has 1 aromatic heterocycles. The SMILES string of the molecule is Oc1c(C(Nc2cccc3ccccc23)c2ccccc2)ccc2cccnc12. The molecular formula is C26H20N2O. The second-order valence-corrected chi connectivity index (χ2v) is 7.09. The highest BCUT2D eigenvalue weighted by Gasteiger charge is 2.20. The van der Waals surface area contributed by atoms with E-state index in [4.69, 9.17) is 0 Å². The van der Waals surface area contributed by atoms with Gasteiger partial charge >= 0.3 is 0 Å². The van der Waals surface area contributed by atoms with Gasteiger partial charge in [-0.1, -0.05) is 84.9 Å². The number of rotatable bonds is 4. The highest BCUT2D eigenvalue weighted by Crippen LogP contribution is 2.37. The highest BCUT2D eigenvalue weighted by atomic mass is 16.3. The molecule has 0 aliphatic heterocycles. The molecule has 0 saturated heterocycles. The van der Waals surface area contributed by atoms with Crippen LogP contribution in [0.15, 0.2) is 103 Å². The van der Waals surface area contributed by atoms with Crippen molar-refractivity contribution in [2.45, 2.75) is 6.04 Å². The molecule has 3 heteroatoms. The van der Waals surface area contributed by atoms with Crippen molar-refractivity contribution in [3.8, 4) is 5.75 Å². The molecular weight excluding hydrogens is 356 g/mol. The second kappa shape index (κ2) is 7.28. The van der Waals surface area contributed by atoms with Crippen LogP contribution in [0.5, 0.6) is 5.75 Å². The third kappa shape index (κ3) is 3.17. The van der Waals surface area contributed by atoms with Crippen LogP contribution in [0.3, 0.4) is 0 Å². The average Bonchev–Trinajstić information content (AvgIpc) is 2.79. The van der Waals surface area contributed by atoms with E-state index in [9.17, 15) is 5.11 Å². The van der Waals surface area contributed by atoms with Gasteiger partial charge in [-0.05, 0) is 23.1 Å². The number of pyridine rings is 1. The zero-order chi connectivity index (χ0) is 19.6. The van der Waals surface area contributed by atoms with Gasteiger partial charge in [-0.3, -0.25) is 4.98 Å². The molecule has 0 aliphatic rings. The Labute approximate surface area is 169 Å². The Kier molecular flexibility index (Phi) is 4.34. The number of fused-ring (bicyclic) bond motifs is 2. The molecule has 0 amide bonds. The van der Waals surface area contributed by atoms with E-state index in [0.29, 0.717) is 5.52 Å². The summed E-state index contributed by atoms with van der Waals surface area (Å²) in [5.74, 6) is 0.213. The standard InChI is InChI=1S/C26H20N2O/c29-26-22(16-15-20-12-7-17-27-25(20)26)24(19-9-2-1-3-10-19)28-23-14-6-11-18-8-4-5-13-21(18)23/h1-17,24,28-29H. The summed E-state index contributed by atoms with van der Waals surface area (Å²) >= 11 is 0. The van der Waals surface area contributed by atoms with Crippen molar-refractivity contribution in [3.05, 3.63) is 114 Å². The average molecular weight is 376 g/mol. The number of anilines is 1. The maximum absolute atomic E-state index is 11.1. The van der Waals surface area contributed by atoms with Gasteiger partial charge in [-0.15, -0.1) is 0 Å². The van der Waals surface area contributed by atoms with Crippen LogP contribution < -0.4 is 5.32 Å². The van der Waals surface area contributed by atoms with Gasteiger partial charge in [0.15, 0.2) is 0 Å². The van der Waals surface area contributed by atoms with E-state index in [1.54, 1.807) is 6.20 Å².